The van der Waals surface area contributed by atoms with Crippen molar-refractivity contribution in [2.45, 2.75) is 24.1 Å². The van der Waals surface area contributed by atoms with E-state index < -0.39 is 10.0 Å². The summed E-state index contributed by atoms with van der Waals surface area (Å²) in [6.07, 6.45) is 0.842. The topological polar surface area (TPSA) is 58.2 Å². The fourth-order valence-electron chi connectivity index (χ4n) is 1.96. The fourth-order valence-corrected chi connectivity index (χ4v) is 4.37. The Morgan fingerprint density at radius 1 is 1.19 bits per heavy atom. The maximum Gasteiger partial charge on any atom is 0.250 e. The molecule has 6 heteroatoms. The Balaban J connectivity index is 2.02. The highest BCUT2D eigenvalue weighted by molar-refractivity contribution is 7.91. The minimum absolute atomic E-state index is 0.313. The quantitative estimate of drug-likeness (QED) is 0.821. The van der Waals surface area contributed by atoms with Gasteiger partial charge in [-0.05, 0) is 44.6 Å². The van der Waals surface area contributed by atoms with Crippen LogP contribution in [-0.4, -0.2) is 22.0 Å². The summed E-state index contributed by atoms with van der Waals surface area (Å²) in [5, 5.41) is 3.06. The number of hydrogen-bond donors (Lipinski definition) is 2. The standard InChI is InChI=1S/C15H20N2O2S2/c1-12-4-3-5-13(10-12)11-17-21(18,19)15-7-6-14(20-15)8-9-16-2/h3-7,10,16-17H,8-9,11H2,1-2H3. The lowest BCUT2D eigenvalue weighted by atomic mass is 10.1. The molecule has 0 fully saturated rings. The van der Waals surface area contributed by atoms with Gasteiger partial charge in [0.25, 0.3) is 0 Å². The molecule has 2 rings (SSSR count). The van der Waals surface area contributed by atoms with Crippen LogP contribution in [0.15, 0.2) is 40.6 Å². The van der Waals surface area contributed by atoms with E-state index in [1.54, 1.807) is 6.07 Å². The molecule has 114 valence electrons. The Hall–Kier alpha value is -1.21. The number of nitrogens with one attached hydrogen (secondary N) is 2. The van der Waals surface area contributed by atoms with Gasteiger partial charge in [0.05, 0.1) is 0 Å². The molecular weight excluding hydrogens is 304 g/mol. The fraction of sp³-hybridized carbons (Fsp3) is 0.333. The first-order chi connectivity index (χ1) is 10.0. The molecule has 0 amide bonds. The number of hydrogen-bond acceptors (Lipinski definition) is 4. The van der Waals surface area contributed by atoms with Gasteiger partial charge in [0, 0.05) is 11.4 Å². The summed E-state index contributed by atoms with van der Waals surface area (Å²) in [6, 6.07) is 11.4. The first kappa shape index (κ1) is 16.2. The first-order valence-electron chi connectivity index (χ1n) is 6.80. The van der Waals surface area contributed by atoms with E-state index in [9.17, 15) is 8.42 Å². The van der Waals surface area contributed by atoms with E-state index in [2.05, 4.69) is 10.0 Å². The van der Waals surface area contributed by atoms with Gasteiger partial charge in [-0.2, -0.15) is 0 Å². The monoisotopic (exact) mass is 324 g/mol. The van der Waals surface area contributed by atoms with Crippen molar-refractivity contribution in [3.63, 3.8) is 0 Å². The second-order valence-corrected chi connectivity index (χ2v) is 8.05. The average Bonchev–Trinajstić information content (AvgIpc) is 2.93. The van der Waals surface area contributed by atoms with Crippen LogP contribution in [0.4, 0.5) is 0 Å². The van der Waals surface area contributed by atoms with Gasteiger partial charge in [-0.15, -0.1) is 11.3 Å². The zero-order valence-electron chi connectivity index (χ0n) is 12.2. The molecule has 0 atom stereocenters. The third-order valence-electron chi connectivity index (χ3n) is 3.07. The first-order valence-corrected chi connectivity index (χ1v) is 9.10. The third-order valence-corrected chi connectivity index (χ3v) is 6.11. The molecule has 0 spiro atoms. The Morgan fingerprint density at radius 2 is 2.00 bits per heavy atom. The molecule has 1 heterocycles. The Kier molecular flexibility index (Phi) is 5.52. The summed E-state index contributed by atoms with van der Waals surface area (Å²) in [7, 11) is -1.54. The molecule has 1 aromatic heterocycles. The van der Waals surface area contributed by atoms with Crippen LogP contribution in [0.1, 0.15) is 16.0 Å². The molecule has 0 saturated carbocycles. The van der Waals surface area contributed by atoms with Gasteiger partial charge in [-0.1, -0.05) is 29.8 Å². The van der Waals surface area contributed by atoms with Crippen LogP contribution < -0.4 is 10.0 Å². The van der Waals surface area contributed by atoms with Crippen molar-refractivity contribution >= 4 is 21.4 Å². The summed E-state index contributed by atoms with van der Waals surface area (Å²) < 4.78 is 27.6. The molecular formula is C15H20N2O2S2. The Labute approximate surface area is 130 Å². The lowest BCUT2D eigenvalue weighted by molar-refractivity contribution is 0.583. The van der Waals surface area contributed by atoms with Crippen molar-refractivity contribution in [3.05, 3.63) is 52.4 Å². The number of likely N-dealkylation sites (N-methyl/N-ethyl adjacent to an activating group) is 1. The summed E-state index contributed by atoms with van der Waals surface area (Å²) >= 11 is 1.33. The normalized spacial score (nSPS) is 11.7. The van der Waals surface area contributed by atoms with Crippen LogP contribution in [-0.2, 0) is 23.0 Å². The van der Waals surface area contributed by atoms with Crippen LogP contribution in [0.3, 0.4) is 0 Å². The molecule has 0 aliphatic rings. The zero-order valence-corrected chi connectivity index (χ0v) is 13.9. The van der Waals surface area contributed by atoms with Crippen LogP contribution in [0.25, 0.3) is 0 Å². The van der Waals surface area contributed by atoms with E-state index in [0.717, 1.165) is 29.0 Å². The molecule has 21 heavy (non-hydrogen) atoms. The van der Waals surface area contributed by atoms with E-state index in [0.29, 0.717) is 10.8 Å². The van der Waals surface area contributed by atoms with Crippen LogP contribution >= 0.6 is 11.3 Å². The van der Waals surface area contributed by atoms with E-state index in [1.807, 2.05) is 44.3 Å². The highest BCUT2D eigenvalue weighted by Gasteiger charge is 2.16. The smallest absolute Gasteiger partial charge is 0.250 e. The van der Waals surface area contributed by atoms with Gasteiger partial charge in [0.15, 0.2) is 0 Å². The molecule has 0 aliphatic carbocycles. The summed E-state index contributed by atoms with van der Waals surface area (Å²) in [4.78, 5) is 1.07. The molecule has 0 aliphatic heterocycles. The largest absolute Gasteiger partial charge is 0.319 e. The van der Waals surface area contributed by atoms with Gasteiger partial charge in [0.2, 0.25) is 10.0 Å². The second kappa shape index (κ2) is 7.17. The van der Waals surface area contributed by atoms with E-state index in [-0.39, 0.29) is 0 Å². The lowest BCUT2D eigenvalue weighted by Crippen LogP contribution is -2.22. The molecule has 0 radical (unpaired) electrons. The number of rotatable bonds is 7. The van der Waals surface area contributed by atoms with Gasteiger partial charge in [0.1, 0.15) is 4.21 Å². The SMILES string of the molecule is CNCCc1ccc(S(=O)(=O)NCc2cccc(C)c2)s1. The molecule has 0 unspecified atom stereocenters. The minimum atomic E-state index is -3.43. The minimum Gasteiger partial charge on any atom is -0.319 e. The second-order valence-electron chi connectivity index (χ2n) is 4.89. The zero-order chi connectivity index (χ0) is 15.3. The third kappa shape index (κ3) is 4.64. The Morgan fingerprint density at radius 3 is 2.71 bits per heavy atom. The molecule has 2 aromatic rings. The van der Waals surface area contributed by atoms with Crippen molar-refractivity contribution in [2.75, 3.05) is 13.6 Å². The molecule has 1 aromatic carbocycles. The van der Waals surface area contributed by atoms with E-state index in [1.165, 1.54) is 11.3 Å². The van der Waals surface area contributed by atoms with Crippen LogP contribution in [0, 0.1) is 6.92 Å². The number of aryl methyl sites for hydroxylation is 1. The van der Waals surface area contributed by atoms with Gasteiger partial charge >= 0.3 is 0 Å². The maximum atomic E-state index is 12.3. The molecule has 0 bridgehead atoms. The average molecular weight is 324 g/mol. The summed E-state index contributed by atoms with van der Waals surface area (Å²) in [6.45, 7) is 3.15. The number of benzene rings is 1. The van der Waals surface area contributed by atoms with Crippen molar-refractivity contribution in [1.82, 2.24) is 10.0 Å². The number of sulfonamides is 1. The summed E-state index contributed by atoms with van der Waals surface area (Å²) in [5.74, 6) is 0. The predicted octanol–water partition coefficient (Wildman–Crippen LogP) is 2.30. The molecule has 4 nitrogen and oxygen atoms in total. The highest BCUT2D eigenvalue weighted by atomic mass is 32.2. The predicted molar refractivity (Wildman–Crippen MR) is 87.2 cm³/mol. The van der Waals surface area contributed by atoms with Crippen molar-refractivity contribution in [1.29, 1.82) is 0 Å². The highest BCUT2D eigenvalue weighted by Crippen LogP contribution is 2.22. The lowest BCUT2D eigenvalue weighted by Gasteiger charge is -2.05. The van der Waals surface area contributed by atoms with E-state index in [4.69, 9.17) is 0 Å². The number of thiophene rings is 1. The van der Waals surface area contributed by atoms with Gasteiger partial charge < -0.3 is 5.32 Å². The van der Waals surface area contributed by atoms with E-state index >= 15 is 0 Å². The maximum absolute atomic E-state index is 12.3. The van der Waals surface area contributed by atoms with Gasteiger partial charge in [-0.25, -0.2) is 13.1 Å². The van der Waals surface area contributed by atoms with Crippen LogP contribution in [0.5, 0.6) is 0 Å². The van der Waals surface area contributed by atoms with Crippen molar-refractivity contribution < 1.29 is 8.42 Å². The van der Waals surface area contributed by atoms with Crippen LogP contribution in [0.2, 0.25) is 0 Å². The Bertz CT molecular complexity index is 693. The van der Waals surface area contributed by atoms with Crippen molar-refractivity contribution in [3.8, 4) is 0 Å². The van der Waals surface area contributed by atoms with Crippen molar-refractivity contribution in [2.24, 2.45) is 0 Å². The molecule has 2 N–H and O–H groups in total. The molecule has 0 saturated heterocycles. The summed E-state index contributed by atoms with van der Waals surface area (Å²) in [5.41, 5.74) is 2.09. The van der Waals surface area contributed by atoms with Gasteiger partial charge in [-0.3, -0.25) is 0 Å².